The number of ether oxygens (including phenoxy) is 2. The number of aryl methyl sites for hydroxylation is 2. The molecule has 4 bridgehead atoms. The number of hydrogen-bond donors (Lipinski definition) is 0. The number of fused-ring (bicyclic) bond motifs is 6. The maximum absolute atomic E-state index is 13.6. The minimum atomic E-state index is -1.28. The summed E-state index contributed by atoms with van der Waals surface area (Å²) in [6, 6.07) is 16.2. The maximum atomic E-state index is 13.6. The second-order valence-corrected chi connectivity index (χ2v) is 18.3. The Hall–Kier alpha value is -3.34. The molecule has 6 fully saturated rings. The fraction of sp³-hybridized carbons (Fsp3) is 0.471. The number of nitrogens with zero attached hydrogens (tertiary/aromatic N) is 4. The Morgan fingerprint density at radius 2 is 0.760 bits per heavy atom. The van der Waals surface area contributed by atoms with Crippen LogP contribution in [0.4, 0.5) is 0 Å². The Kier molecular flexibility index (Phi) is 9.72. The van der Waals surface area contributed by atoms with Crippen LogP contribution in [0.1, 0.15) is 36.1 Å². The highest BCUT2D eigenvalue weighted by atomic mass is 33.1. The van der Waals surface area contributed by atoms with Crippen LogP contribution >= 0.6 is 43.2 Å². The maximum Gasteiger partial charge on any atom is 0.302 e. The highest BCUT2D eigenvalue weighted by molar-refractivity contribution is 8.78. The van der Waals surface area contributed by atoms with Crippen molar-refractivity contribution in [3.8, 4) is 0 Å². The Morgan fingerprint density at radius 1 is 0.500 bits per heavy atom. The van der Waals surface area contributed by atoms with Gasteiger partial charge in [-0.1, -0.05) is 70.1 Å². The van der Waals surface area contributed by atoms with E-state index in [0.29, 0.717) is 12.8 Å². The smallest absolute Gasteiger partial charge is 0.302 e. The average Bonchev–Trinajstić information content (AvgIpc) is 3.10. The van der Waals surface area contributed by atoms with E-state index in [1.807, 2.05) is 48.5 Å². The van der Waals surface area contributed by atoms with Gasteiger partial charge in [-0.25, -0.2) is 0 Å². The molecule has 0 saturated carbocycles. The van der Waals surface area contributed by atoms with Gasteiger partial charge in [0.1, 0.15) is 13.2 Å². The van der Waals surface area contributed by atoms with Crippen LogP contribution in [0.2, 0.25) is 0 Å². The van der Waals surface area contributed by atoms with Crippen LogP contribution in [-0.4, -0.2) is 116 Å². The number of carbonyl (C=O) groups is 6. The van der Waals surface area contributed by atoms with Gasteiger partial charge in [-0.2, -0.15) is 0 Å². The molecule has 8 rings (SSSR count). The number of carbonyl (C=O) groups excluding carboxylic acids is 6. The number of benzene rings is 2. The zero-order valence-electron chi connectivity index (χ0n) is 28.5. The molecule has 6 saturated heterocycles. The number of piperazine rings is 2. The first-order chi connectivity index (χ1) is 23.6. The van der Waals surface area contributed by atoms with Crippen molar-refractivity contribution in [2.75, 3.05) is 41.4 Å². The summed E-state index contributed by atoms with van der Waals surface area (Å²) >= 11 is 0. The van der Waals surface area contributed by atoms with E-state index in [2.05, 4.69) is 0 Å². The first-order valence-electron chi connectivity index (χ1n) is 15.9. The van der Waals surface area contributed by atoms with Crippen LogP contribution in [0, 0.1) is 0 Å². The minimum absolute atomic E-state index is 0.200. The van der Waals surface area contributed by atoms with Gasteiger partial charge in [0, 0.05) is 54.9 Å². The predicted molar refractivity (Wildman–Crippen MR) is 193 cm³/mol. The van der Waals surface area contributed by atoms with Crippen molar-refractivity contribution >= 4 is 78.7 Å². The molecule has 6 aliphatic rings. The topological polar surface area (TPSA) is 134 Å². The lowest BCUT2D eigenvalue weighted by Crippen LogP contribution is -2.77. The van der Waals surface area contributed by atoms with Crippen molar-refractivity contribution in [3.63, 3.8) is 0 Å². The van der Waals surface area contributed by atoms with Crippen LogP contribution in [0.3, 0.4) is 0 Å². The fourth-order valence-corrected chi connectivity index (χ4v) is 13.9. The Balaban J connectivity index is 1.07. The summed E-state index contributed by atoms with van der Waals surface area (Å²) < 4.78 is 10.4. The fourth-order valence-electron chi connectivity index (χ4n) is 6.62. The number of hydrogen-bond acceptors (Lipinski definition) is 12. The second kappa shape index (κ2) is 13.3. The van der Waals surface area contributed by atoms with Crippen molar-refractivity contribution in [3.05, 3.63) is 70.8 Å². The summed E-state index contributed by atoms with van der Waals surface area (Å²) in [6.07, 6.45) is 2.25. The molecule has 0 aromatic heterocycles. The van der Waals surface area contributed by atoms with Gasteiger partial charge in [-0.05, 0) is 56.7 Å². The second-order valence-electron chi connectivity index (χ2n) is 13.0. The molecule has 266 valence electrons. The van der Waals surface area contributed by atoms with E-state index in [0.717, 1.165) is 35.1 Å². The molecule has 50 heavy (non-hydrogen) atoms. The lowest BCUT2D eigenvalue weighted by Gasteiger charge is -2.58. The molecule has 0 aliphatic carbocycles. The number of rotatable bonds is 11. The minimum Gasteiger partial charge on any atom is -0.462 e. The highest BCUT2D eigenvalue weighted by Crippen LogP contribution is 2.60. The van der Waals surface area contributed by atoms with Gasteiger partial charge in [0.2, 0.25) is 9.74 Å². The summed E-state index contributed by atoms with van der Waals surface area (Å²) in [6.45, 7) is 2.15. The number of amides is 4. The molecule has 4 atom stereocenters. The SMILES string of the molecule is CC(=O)OC[C@@]12SS[C@@](Cc3ccc(CCc4ccc(C[C@@]56SS[C@@](COC(C)=O)(C(=O)N5C)N(C)C6=O)cc4)cc3)(C(=O)N1C)N(C)C2=O. The van der Waals surface area contributed by atoms with Gasteiger partial charge in [-0.15, -0.1) is 0 Å². The van der Waals surface area contributed by atoms with Gasteiger partial charge in [0.05, 0.1) is 0 Å². The zero-order chi connectivity index (χ0) is 36.2. The molecule has 4 amide bonds. The summed E-state index contributed by atoms with van der Waals surface area (Å²) in [4.78, 5) is 78.2. The standard InChI is InChI=1S/C34H38N4O8S4/c1-21(39)45-19-33-29(43)35(3)31(47-49-33,27(41)37(33)5)17-25-13-9-23(10-14-25)7-8-24-11-15-26(16-12-24)18-32-28(42)38(6)34(50-48-32,20-46-22(2)40)30(44)36(32)4/h9-16H,7-8,17-20H2,1-6H3/t31-,32-,33-,34-/m0/s1. The quantitative estimate of drug-likeness (QED) is 0.246. The van der Waals surface area contributed by atoms with Crippen LogP contribution in [-0.2, 0) is 63.9 Å². The molecule has 0 spiro atoms. The van der Waals surface area contributed by atoms with E-state index < -0.39 is 31.4 Å². The van der Waals surface area contributed by atoms with Crippen LogP contribution in [0.15, 0.2) is 48.5 Å². The molecule has 6 heterocycles. The third-order valence-corrected chi connectivity index (χ3v) is 17.3. The molecule has 0 radical (unpaired) electrons. The summed E-state index contributed by atoms with van der Waals surface area (Å²) in [5.74, 6) is -1.94. The van der Waals surface area contributed by atoms with E-state index in [9.17, 15) is 28.8 Å². The third-order valence-electron chi connectivity index (χ3n) is 9.94. The van der Waals surface area contributed by atoms with Gasteiger partial charge in [-0.3, -0.25) is 28.8 Å². The van der Waals surface area contributed by atoms with Crippen LogP contribution in [0.25, 0.3) is 0 Å². The van der Waals surface area contributed by atoms with Gasteiger partial charge in [0.15, 0.2) is 9.74 Å². The van der Waals surface area contributed by atoms with E-state index >= 15 is 0 Å². The van der Waals surface area contributed by atoms with Crippen molar-refractivity contribution in [1.29, 1.82) is 0 Å². The van der Waals surface area contributed by atoms with Gasteiger partial charge < -0.3 is 29.1 Å². The van der Waals surface area contributed by atoms with Crippen molar-refractivity contribution in [2.45, 2.75) is 59.0 Å². The van der Waals surface area contributed by atoms with Crippen molar-refractivity contribution in [1.82, 2.24) is 19.6 Å². The lowest BCUT2D eigenvalue weighted by molar-refractivity contribution is -0.169. The largest absolute Gasteiger partial charge is 0.462 e. The summed E-state index contributed by atoms with van der Waals surface area (Å²) in [7, 11) is 11.7. The van der Waals surface area contributed by atoms with Gasteiger partial charge >= 0.3 is 11.9 Å². The predicted octanol–water partition coefficient (Wildman–Crippen LogP) is 3.12. The first-order valence-corrected chi connectivity index (χ1v) is 20.2. The molecule has 0 unspecified atom stereocenters. The Bertz CT molecular complexity index is 1630. The molecular formula is C34H38N4O8S4. The molecule has 2 aromatic rings. The van der Waals surface area contributed by atoms with Crippen molar-refractivity contribution in [2.24, 2.45) is 0 Å². The zero-order valence-corrected chi connectivity index (χ0v) is 31.8. The molecule has 12 nitrogen and oxygen atoms in total. The molecule has 0 N–H and O–H groups in total. The average molecular weight is 759 g/mol. The highest BCUT2D eigenvalue weighted by Gasteiger charge is 2.69. The van der Waals surface area contributed by atoms with E-state index in [4.69, 9.17) is 9.47 Å². The summed E-state index contributed by atoms with van der Waals surface area (Å²) in [5.41, 5.74) is 4.10. The third kappa shape index (κ3) is 5.75. The van der Waals surface area contributed by atoms with Crippen LogP contribution < -0.4 is 0 Å². The number of likely N-dealkylation sites (N-methyl/N-ethyl adjacent to an activating group) is 4. The Labute approximate surface area is 306 Å². The first kappa shape index (κ1) is 36.5. The summed E-state index contributed by atoms with van der Waals surface area (Å²) in [5, 5.41) is 0. The lowest BCUT2D eigenvalue weighted by atomic mass is 9.95. The van der Waals surface area contributed by atoms with Crippen LogP contribution in [0.5, 0.6) is 0 Å². The molecule has 2 aromatic carbocycles. The molecule has 6 aliphatic heterocycles. The monoisotopic (exact) mass is 758 g/mol. The van der Waals surface area contributed by atoms with Gasteiger partial charge in [0.25, 0.3) is 23.6 Å². The molecular weight excluding hydrogens is 721 g/mol. The Morgan fingerprint density at radius 3 is 1.08 bits per heavy atom. The van der Waals surface area contributed by atoms with E-state index in [1.165, 1.54) is 76.6 Å². The number of esters is 2. The van der Waals surface area contributed by atoms with Crippen molar-refractivity contribution < 1.29 is 38.2 Å². The normalized spacial score (nSPS) is 28.8. The molecule has 16 heteroatoms. The van der Waals surface area contributed by atoms with E-state index in [-0.39, 0.29) is 36.8 Å². The van der Waals surface area contributed by atoms with E-state index in [1.54, 1.807) is 28.2 Å².